The van der Waals surface area contributed by atoms with Crippen molar-refractivity contribution >= 4 is 11.6 Å². The van der Waals surface area contributed by atoms with Crippen LogP contribution >= 0.6 is 0 Å². The molecule has 5 heteroatoms. The van der Waals surface area contributed by atoms with Gasteiger partial charge < -0.3 is 11.1 Å². The Labute approximate surface area is 99.0 Å². The smallest absolute Gasteiger partial charge is 0.241 e. The van der Waals surface area contributed by atoms with E-state index in [1.807, 2.05) is 6.92 Å². The Kier molecular flexibility index (Phi) is 5.03. The lowest BCUT2D eigenvalue weighted by Crippen LogP contribution is -2.35. The second-order valence-electron chi connectivity index (χ2n) is 3.86. The maximum absolute atomic E-state index is 13.2. The molecule has 0 saturated heterocycles. The predicted molar refractivity (Wildman–Crippen MR) is 62.5 cm³/mol. The number of carbonyl (C=O) groups excluding carboxylic acids is 1. The van der Waals surface area contributed by atoms with Gasteiger partial charge in [-0.05, 0) is 18.6 Å². The summed E-state index contributed by atoms with van der Waals surface area (Å²) in [6.07, 6.45) is 2.32. The molecule has 1 atom stereocenters. The van der Waals surface area contributed by atoms with Gasteiger partial charge in [-0.3, -0.25) is 4.79 Å². The van der Waals surface area contributed by atoms with Crippen LogP contribution in [0.2, 0.25) is 0 Å². The van der Waals surface area contributed by atoms with Crippen molar-refractivity contribution in [3.8, 4) is 0 Å². The van der Waals surface area contributed by atoms with Crippen LogP contribution in [0.4, 0.5) is 14.5 Å². The van der Waals surface area contributed by atoms with Crippen molar-refractivity contribution in [2.75, 3.05) is 5.32 Å². The van der Waals surface area contributed by atoms with Gasteiger partial charge in [0.15, 0.2) is 0 Å². The Bertz CT molecular complexity index is 396. The number of unbranched alkanes of at least 4 members (excludes halogenated alkanes) is 1. The molecule has 0 spiro atoms. The summed E-state index contributed by atoms with van der Waals surface area (Å²) in [6.45, 7) is 1.99. The summed E-state index contributed by atoms with van der Waals surface area (Å²) in [4.78, 5) is 11.6. The van der Waals surface area contributed by atoms with E-state index < -0.39 is 23.6 Å². The lowest BCUT2D eigenvalue weighted by molar-refractivity contribution is -0.117. The number of rotatable bonds is 5. The Morgan fingerprint density at radius 2 is 2.18 bits per heavy atom. The van der Waals surface area contributed by atoms with Gasteiger partial charge in [-0.15, -0.1) is 0 Å². The van der Waals surface area contributed by atoms with Gasteiger partial charge in [-0.2, -0.15) is 0 Å². The molecule has 3 N–H and O–H groups in total. The fraction of sp³-hybridized carbons (Fsp3) is 0.417. The summed E-state index contributed by atoms with van der Waals surface area (Å²) in [5.74, 6) is -1.94. The first-order valence-corrected chi connectivity index (χ1v) is 5.56. The molecule has 3 nitrogen and oxygen atoms in total. The molecule has 1 rings (SSSR count). The van der Waals surface area contributed by atoms with Crippen LogP contribution in [0.3, 0.4) is 0 Å². The number of benzene rings is 1. The number of nitrogens with two attached hydrogens (primary N) is 1. The molecular formula is C12H16F2N2O. The zero-order chi connectivity index (χ0) is 12.8. The second kappa shape index (κ2) is 6.30. The number of amides is 1. The largest absolute Gasteiger partial charge is 0.322 e. The molecule has 0 radical (unpaired) electrons. The minimum Gasteiger partial charge on any atom is -0.322 e. The maximum atomic E-state index is 13.2. The highest BCUT2D eigenvalue weighted by molar-refractivity contribution is 5.94. The van der Waals surface area contributed by atoms with Crippen LogP contribution < -0.4 is 11.1 Å². The molecule has 1 aromatic rings. The molecule has 0 heterocycles. The molecule has 17 heavy (non-hydrogen) atoms. The molecular weight excluding hydrogens is 226 g/mol. The highest BCUT2D eigenvalue weighted by atomic mass is 19.1. The SMILES string of the molecule is CCCC[C@H](N)C(=O)Nc1ccc(F)cc1F. The van der Waals surface area contributed by atoms with Crippen molar-refractivity contribution in [1.29, 1.82) is 0 Å². The number of halogens is 2. The van der Waals surface area contributed by atoms with Crippen molar-refractivity contribution in [1.82, 2.24) is 0 Å². The molecule has 94 valence electrons. The van der Waals surface area contributed by atoms with E-state index in [1.54, 1.807) is 0 Å². The number of nitrogens with one attached hydrogen (secondary N) is 1. The summed E-state index contributed by atoms with van der Waals surface area (Å²) < 4.78 is 25.9. The molecule has 0 fully saturated rings. The molecule has 0 saturated carbocycles. The summed E-state index contributed by atoms with van der Waals surface area (Å²) in [5.41, 5.74) is 5.57. The average Bonchev–Trinajstić information content (AvgIpc) is 2.29. The molecule has 0 bridgehead atoms. The van der Waals surface area contributed by atoms with Crippen LogP contribution in [0.5, 0.6) is 0 Å². The molecule has 0 aliphatic carbocycles. The highest BCUT2D eigenvalue weighted by Gasteiger charge is 2.14. The monoisotopic (exact) mass is 242 g/mol. The molecule has 0 unspecified atom stereocenters. The lowest BCUT2D eigenvalue weighted by atomic mass is 10.1. The Balaban J connectivity index is 2.61. The van der Waals surface area contributed by atoms with E-state index in [-0.39, 0.29) is 5.69 Å². The van der Waals surface area contributed by atoms with Crippen molar-refractivity contribution in [2.24, 2.45) is 5.73 Å². The van der Waals surface area contributed by atoms with Crippen LogP contribution in [0.1, 0.15) is 26.2 Å². The maximum Gasteiger partial charge on any atom is 0.241 e. The normalized spacial score (nSPS) is 12.2. The Hall–Kier alpha value is -1.49. The summed E-state index contributed by atoms with van der Waals surface area (Å²) in [7, 11) is 0. The minimum absolute atomic E-state index is 0.0525. The molecule has 1 amide bonds. The number of anilines is 1. The van der Waals surface area contributed by atoms with Gasteiger partial charge in [-0.1, -0.05) is 19.8 Å². The van der Waals surface area contributed by atoms with E-state index in [4.69, 9.17) is 5.73 Å². The third kappa shape index (κ3) is 4.11. The predicted octanol–water partition coefficient (Wildman–Crippen LogP) is 2.42. The van der Waals surface area contributed by atoms with Gasteiger partial charge in [0.05, 0.1) is 11.7 Å². The van der Waals surface area contributed by atoms with Gasteiger partial charge in [-0.25, -0.2) is 8.78 Å². The first-order chi connectivity index (χ1) is 8.04. The van der Waals surface area contributed by atoms with E-state index in [0.717, 1.165) is 18.9 Å². The van der Waals surface area contributed by atoms with Crippen LogP contribution in [-0.4, -0.2) is 11.9 Å². The van der Waals surface area contributed by atoms with Gasteiger partial charge in [0.2, 0.25) is 5.91 Å². The molecule has 0 aromatic heterocycles. The number of hydrogen-bond donors (Lipinski definition) is 2. The topological polar surface area (TPSA) is 55.1 Å². The molecule has 0 aliphatic rings. The van der Waals surface area contributed by atoms with E-state index in [0.29, 0.717) is 12.5 Å². The number of hydrogen-bond acceptors (Lipinski definition) is 2. The van der Waals surface area contributed by atoms with E-state index in [9.17, 15) is 13.6 Å². The summed E-state index contributed by atoms with van der Waals surface area (Å²) in [5, 5.41) is 2.34. The van der Waals surface area contributed by atoms with E-state index in [2.05, 4.69) is 5.32 Å². The standard InChI is InChI=1S/C12H16F2N2O/c1-2-3-4-10(15)12(17)16-11-6-5-8(13)7-9(11)14/h5-7,10H,2-4,15H2,1H3,(H,16,17)/t10-/m0/s1. The third-order valence-corrected chi connectivity index (χ3v) is 2.39. The first kappa shape index (κ1) is 13.6. The Morgan fingerprint density at radius 3 is 2.76 bits per heavy atom. The van der Waals surface area contributed by atoms with Crippen molar-refractivity contribution < 1.29 is 13.6 Å². The van der Waals surface area contributed by atoms with Gasteiger partial charge >= 0.3 is 0 Å². The van der Waals surface area contributed by atoms with Gasteiger partial charge in [0.25, 0.3) is 0 Å². The van der Waals surface area contributed by atoms with Crippen LogP contribution in [-0.2, 0) is 4.79 Å². The van der Waals surface area contributed by atoms with Crippen LogP contribution in [0.25, 0.3) is 0 Å². The lowest BCUT2D eigenvalue weighted by Gasteiger charge is -2.12. The minimum atomic E-state index is -0.805. The molecule has 1 aromatic carbocycles. The first-order valence-electron chi connectivity index (χ1n) is 5.56. The third-order valence-electron chi connectivity index (χ3n) is 2.39. The van der Waals surface area contributed by atoms with Crippen LogP contribution in [0, 0.1) is 11.6 Å². The number of carbonyl (C=O) groups is 1. The van der Waals surface area contributed by atoms with Crippen LogP contribution in [0.15, 0.2) is 18.2 Å². The second-order valence-corrected chi connectivity index (χ2v) is 3.86. The molecule has 0 aliphatic heterocycles. The zero-order valence-corrected chi connectivity index (χ0v) is 9.67. The van der Waals surface area contributed by atoms with Crippen molar-refractivity contribution in [3.05, 3.63) is 29.8 Å². The van der Waals surface area contributed by atoms with Crippen molar-refractivity contribution in [3.63, 3.8) is 0 Å². The quantitative estimate of drug-likeness (QED) is 0.833. The van der Waals surface area contributed by atoms with Crippen molar-refractivity contribution in [2.45, 2.75) is 32.2 Å². The van der Waals surface area contributed by atoms with E-state index in [1.165, 1.54) is 6.07 Å². The Morgan fingerprint density at radius 1 is 1.47 bits per heavy atom. The highest BCUT2D eigenvalue weighted by Crippen LogP contribution is 2.15. The zero-order valence-electron chi connectivity index (χ0n) is 9.67. The summed E-state index contributed by atoms with van der Waals surface area (Å²) >= 11 is 0. The fourth-order valence-corrected chi connectivity index (χ4v) is 1.37. The average molecular weight is 242 g/mol. The van der Waals surface area contributed by atoms with E-state index >= 15 is 0 Å². The van der Waals surface area contributed by atoms with Gasteiger partial charge in [0, 0.05) is 6.07 Å². The summed E-state index contributed by atoms with van der Waals surface area (Å²) in [6, 6.07) is 2.30. The van der Waals surface area contributed by atoms with Gasteiger partial charge in [0.1, 0.15) is 11.6 Å². The fourth-order valence-electron chi connectivity index (χ4n) is 1.37.